The van der Waals surface area contributed by atoms with Gasteiger partial charge in [0.1, 0.15) is 5.75 Å². The second kappa shape index (κ2) is 10.3. The van der Waals surface area contributed by atoms with E-state index in [0.29, 0.717) is 5.56 Å². The van der Waals surface area contributed by atoms with Crippen molar-refractivity contribution in [2.75, 3.05) is 33.7 Å². The molecule has 1 aliphatic heterocycles. The van der Waals surface area contributed by atoms with E-state index >= 15 is 0 Å². The fraction of sp³-hybridized carbons (Fsp3) is 0.567. The molecule has 1 aromatic rings. The maximum absolute atomic E-state index is 13.9. The van der Waals surface area contributed by atoms with E-state index in [9.17, 15) is 34.2 Å². The number of likely N-dealkylation sites (tertiary alicyclic amines) is 1. The number of primary amides is 1. The first-order valence-electron chi connectivity index (χ1n) is 14.0. The van der Waals surface area contributed by atoms with Crippen LogP contribution in [0.3, 0.4) is 0 Å². The Hall–Kier alpha value is -3.21. The third-order valence-electron chi connectivity index (χ3n) is 9.52. The number of nitrogens with zero attached hydrogens (tertiary/aromatic N) is 2. The summed E-state index contributed by atoms with van der Waals surface area (Å²) in [6, 6.07) is 2.04. The predicted octanol–water partition coefficient (Wildman–Crippen LogP) is 0.612. The number of ketones is 4. The summed E-state index contributed by atoms with van der Waals surface area (Å²) in [6.45, 7) is 5.06. The molecule has 1 heterocycles. The first-order chi connectivity index (χ1) is 18.9. The number of carbonyl (C=O) groups excluding carboxylic acids is 5. The number of aliphatic hydroxyl groups is 1. The lowest BCUT2D eigenvalue weighted by Gasteiger charge is -2.52. The Labute approximate surface area is 233 Å². The average molecular weight is 552 g/mol. The molecule has 10 nitrogen and oxygen atoms in total. The zero-order valence-electron chi connectivity index (χ0n) is 23.1. The lowest BCUT2D eigenvalue weighted by Crippen LogP contribution is -2.74. The lowest BCUT2D eigenvalue weighted by atomic mass is 9.52. The Morgan fingerprint density at radius 2 is 1.82 bits per heavy atom. The molecule has 5 rings (SSSR count). The standard InChI is InChI=1S/C30H37N3O7/c1-15-8-11-33(12-9-15)10-4-5-16-6-7-20(34)22-18(16)13-17-14-19-24(32(2)3)26(36)23(29(31)39)28(38)30(19,40)27(37)21(17)25(22)35/h4-7,15,17,19,21,23-24,34,40H,8-14H2,1-3H3,(H2,31,39)/b5-4+/t17-,19-,21?,23?,24-,30-/m0/s1. The summed E-state index contributed by atoms with van der Waals surface area (Å²) in [6.07, 6.45) is 6.56. The molecule has 4 N–H and O–H groups in total. The van der Waals surface area contributed by atoms with Crippen molar-refractivity contribution in [3.8, 4) is 5.75 Å². The highest BCUT2D eigenvalue weighted by atomic mass is 16.3. The minimum absolute atomic E-state index is 0.0144. The van der Waals surface area contributed by atoms with Gasteiger partial charge in [-0.2, -0.15) is 0 Å². The van der Waals surface area contributed by atoms with Gasteiger partial charge in [-0.15, -0.1) is 0 Å². The molecule has 40 heavy (non-hydrogen) atoms. The smallest absolute Gasteiger partial charge is 0.235 e. The number of aromatic hydroxyl groups is 1. The number of piperidine rings is 1. The Bertz CT molecular complexity index is 1310. The average Bonchev–Trinajstić information content (AvgIpc) is 2.88. The molecular formula is C30H37N3O7. The number of phenolic OH excluding ortho intramolecular Hbond substituents is 1. The number of amides is 1. The fourth-order valence-corrected chi connectivity index (χ4v) is 7.36. The topological polar surface area (TPSA) is 158 Å². The van der Waals surface area contributed by atoms with E-state index in [1.165, 1.54) is 11.0 Å². The van der Waals surface area contributed by atoms with Gasteiger partial charge < -0.3 is 15.9 Å². The summed E-state index contributed by atoms with van der Waals surface area (Å²) in [5.74, 6) is -9.59. The molecule has 1 amide bonds. The summed E-state index contributed by atoms with van der Waals surface area (Å²) in [4.78, 5) is 70.2. The zero-order valence-corrected chi connectivity index (χ0v) is 23.1. The van der Waals surface area contributed by atoms with Crippen LogP contribution < -0.4 is 5.73 Å². The Morgan fingerprint density at radius 1 is 1.15 bits per heavy atom. The normalized spacial score (nSPS) is 33.3. The number of Topliss-reactive ketones (excluding diaryl/α,β-unsaturated/α-hetero) is 4. The van der Waals surface area contributed by atoms with E-state index in [2.05, 4.69) is 11.8 Å². The number of hydrogen-bond acceptors (Lipinski definition) is 9. The monoisotopic (exact) mass is 551 g/mol. The molecule has 214 valence electrons. The second-order valence-electron chi connectivity index (χ2n) is 12.2. The van der Waals surface area contributed by atoms with Crippen LogP contribution in [-0.2, 0) is 25.6 Å². The van der Waals surface area contributed by atoms with Crippen molar-refractivity contribution in [3.63, 3.8) is 0 Å². The fourth-order valence-electron chi connectivity index (χ4n) is 7.36. The lowest BCUT2D eigenvalue weighted by molar-refractivity contribution is -0.181. The molecule has 0 aromatic heterocycles. The molecule has 3 fully saturated rings. The number of fused-ring (bicyclic) bond motifs is 3. The summed E-state index contributed by atoms with van der Waals surface area (Å²) in [7, 11) is 3.14. The first-order valence-corrected chi connectivity index (χ1v) is 14.0. The number of hydrogen-bond donors (Lipinski definition) is 3. The molecule has 1 aromatic carbocycles. The van der Waals surface area contributed by atoms with Crippen molar-refractivity contribution < 1.29 is 34.2 Å². The zero-order chi connectivity index (χ0) is 29.1. The second-order valence-corrected chi connectivity index (χ2v) is 12.2. The van der Waals surface area contributed by atoms with Gasteiger partial charge in [0.05, 0.1) is 17.5 Å². The van der Waals surface area contributed by atoms with Crippen LogP contribution in [0.2, 0.25) is 0 Å². The minimum atomic E-state index is -2.71. The molecule has 1 saturated heterocycles. The van der Waals surface area contributed by atoms with Gasteiger partial charge in [0.15, 0.2) is 34.7 Å². The van der Waals surface area contributed by atoms with Crippen molar-refractivity contribution >= 4 is 35.1 Å². The molecular weight excluding hydrogens is 514 g/mol. The van der Waals surface area contributed by atoms with E-state index < -0.39 is 64.4 Å². The van der Waals surface area contributed by atoms with Crippen LogP contribution in [0.5, 0.6) is 5.75 Å². The molecule has 2 saturated carbocycles. The van der Waals surface area contributed by atoms with E-state index in [0.717, 1.165) is 44.0 Å². The highest BCUT2D eigenvalue weighted by Gasteiger charge is 2.69. The summed E-state index contributed by atoms with van der Waals surface area (Å²) in [5, 5.41) is 22.3. The van der Waals surface area contributed by atoms with E-state index in [4.69, 9.17) is 5.73 Å². The van der Waals surface area contributed by atoms with Crippen LogP contribution >= 0.6 is 0 Å². The van der Waals surface area contributed by atoms with Crippen LogP contribution in [0.15, 0.2) is 18.2 Å². The number of rotatable bonds is 5. The van der Waals surface area contributed by atoms with Crippen LogP contribution in [0.25, 0.3) is 6.08 Å². The highest BCUT2D eigenvalue weighted by Crippen LogP contribution is 2.51. The van der Waals surface area contributed by atoms with Crippen LogP contribution in [-0.4, -0.2) is 94.4 Å². The summed E-state index contributed by atoms with van der Waals surface area (Å²) in [5.41, 5.74) is 4.03. The van der Waals surface area contributed by atoms with Gasteiger partial charge in [-0.25, -0.2) is 0 Å². The van der Waals surface area contributed by atoms with Crippen LogP contribution in [0.4, 0.5) is 0 Å². The van der Waals surface area contributed by atoms with Gasteiger partial charge in [-0.05, 0) is 81.9 Å². The van der Waals surface area contributed by atoms with Crippen molar-refractivity contribution in [2.45, 2.75) is 44.2 Å². The van der Waals surface area contributed by atoms with E-state index in [1.54, 1.807) is 20.2 Å². The van der Waals surface area contributed by atoms with Gasteiger partial charge in [-0.1, -0.05) is 25.1 Å². The number of phenols is 1. The summed E-state index contributed by atoms with van der Waals surface area (Å²) < 4.78 is 0. The third kappa shape index (κ3) is 4.33. The highest BCUT2D eigenvalue weighted by molar-refractivity contribution is 6.32. The number of benzene rings is 1. The van der Waals surface area contributed by atoms with Crippen molar-refractivity contribution in [3.05, 3.63) is 34.9 Å². The maximum atomic E-state index is 13.9. The maximum Gasteiger partial charge on any atom is 0.235 e. The quantitative estimate of drug-likeness (QED) is 0.446. The Kier molecular flexibility index (Phi) is 7.31. The number of nitrogens with two attached hydrogens (primary N) is 1. The molecule has 0 spiro atoms. The number of likely N-dealkylation sites (N-methyl/N-ethyl adjacent to an activating group) is 1. The van der Waals surface area contributed by atoms with Gasteiger partial charge in [0.25, 0.3) is 0 Å². The molecule has 4 aliphatic rings. The molecule has 3 aliphatic carbocycles. The summed E-state index contributed by atoms with van der Waals surface area (Å²) >= 11 is 0. The predicted molar refractivity (Wildman–Crippen MR) is 145 cm³/mol. The van der Waals surface area contributed by atoms with Gasteiger partial charge >= 0.3 is 0 Å². The van der Waals surface area contributed by atoms with Crippen molar-refractivity contribution in [1.82, 2.24) is 9.80 Å². The SMILES string of the molecule is CC1CCN(C/C=C/c2ccc(O)c3c2C[C@H]2C[C@H]4[C@H](N(C)C)C(=O)C(C(N)=O)C(=O)[C@@]4(O)C(=O)C2C3=O)CC1. The molecule has 0 radical (unpaired) electrons. The molecule has 0 bridgehead atoms. The Morgan fingerprint density at radius 3 is 2.45 bits per heavy atom. The largest absolute Gasteiger partial charge is 0.507 e. The van der Waals surface area contributed by atoms with Gasteiger partial charge in [-0.3, -0.25) is 33.8 Å². The Balaban J connectivity index is 1.50. The molecule has 10 heteroatoms. The van der Waals surface area contributed by atoms with Crippen LogP contribution in [0.1, 0.15) is 47.7 Å². The molecule has 2 unspecified atom stereocenters. The first kappa shape index (κ1) is 28.3. The van der Waals surface area contributed by atoms with E-state index in [1.807, 2.05) is 12.2 Å². The number of carbonyl (C=O) groups is 5. The van der Waals surface area contributed by atoms with Gasteiger partial charge in [0, 0.05) is 12.5 Å². The van der Waals surface area contributed by atoms with Crippen molar-refractivity contribution in [1.29, 1.82) is 0 Å². The van der Waals surface area contributed by atoms with Crippen LogP contribution in [0, 0.1) is 29.6 Å². The molecule has 6 atom stereocenters. The van der Waals surface area contributed by atoms with Crippen molar-refractivity contribution in [2.24, 2.45) is 35.3 Å². The minimum Gasteiger partial charge on any atom is -0.507 e. The van der Waals surface area contributed by atoms with E-state index in [-0.39, 0.29) is 24.2 Å². The third-order valence-corrected chi connectivity index (χ3v) is 9.52. The van der Waals surface area contributed by atoms with Gasteiger partial charge in [0.2, 0.25) is 5.91 Å².